The summed E-state index contributed by atoms with van der Waals surface area (Å²) in [5, 5.41) is 10.7. The van der Waals surface area contributed by atoms with Crippen molar-refractivity contribution in [3.05, 3.63) is 157 Å². The smallest absolute Gasteiger partial charge is 0.104 e. The van der Waals surface area contributed by atoms with Crippen LogP contribution in [0, 0.1) is 0 Å². The lowest BCUT2D eigenvalue weighted by atomic mass is 9.35. The minimum atomic E-state index is -2.42. The molecular weight excluding hydrogens is 580 g/mol. The quantitative estimate of drug-likeness (QED) is 0.155. The van der Waals surface area contributed by atoms with Crippen LogP contribution in [0.3, 0.4) is 0 Å². The lowest BCUT2D eigenvalue weighted by molar-refractivity contribution is 0.189. The molecule has 0 atom stereocenters. The van der Waals surface area contributed by atoms with E-state index < -0.39 is 10.6 Å². The predicted molar refractivity (Wildman–Crippen MR) is 202 cm³/mol. The number of nitrogens with zero attached hydrogens (tertiary/aromatic N) is 2. The first-order chi connectivity index (χ1) is 23.2. The van der Waals surface area contributed by atoms with Gasteiger partial charge in [0.2, 0.25) is 0 Å². The fourth-order valence-corrected chi connectivity index (χ4v) is 6.73. The summed E-state index contributed by atoms with van der Waals surface area (Å²) in [5.41, 5.74) is 9.07. The van der Waals surface area contributed by atoms with Crippen LogP contribution in [0.25, 0.3) is 71.6 Å². The van der Waals surface area contributed by atoms with Crippen molar-refractivity contribution >= 4 is 64.0 Å². The molecule has 0 saturated carbocycles. The van der Waals surface area contributed by atoms with Gasteiger partial charge in [0.05, 0.1) is 42.4 Å². The lowest BCUT2D eigenvalue weighted by Crippen LogP contribution is -2.55. The molecule has 0 saturated heterocycles. The number of rotatable bonds is 6. The van der Waals surface area contributed by atoms with E-state index in [9.17, 15) is 5.11 Å². The van der Waals surface area contributed by atoms with Crippen molar-refractivity contribution in [2.24, 2.45) is 0 Å². The zero-order valence-electron chi connectivity index (χ0n) is 26.1. The van der Waals surface area contributed by atoms with Crippen molar-refractivity contribution in [1.29, 1.82) is 0 Å². The zero-order chi connectivity index (χ0) is 33.0. The Morgan fingerprint density at radius 2 is 0.875 bits per heavy atom. The molecule has 218 valence electrons. The number of aromatic nitrogens is 2. The van der Waals surface area contributed by atoms with Crippen molar-refractivity contribution < 1.29 is 5.11 Å². The van der Waals surface area contributed by atoms with Crippen LogP contribution in [0.4, 0.5) is 0 Å². The fraction of sp³-hybridized carbons (Fsp3) is 0.0488. The van der Waals surface area contributed by atoms with Crippen molar-refractivity contribution in [3.8, 4) is 39.1 Å². The Kier molecular flexibility index (Phi) is 7.19. The Hall–Kier alpha value is -5.25. The Morgan fingerprint density at radius 1 is 0.458 bits per heavy atom. The number of imidazole rings is 1. The number of hydrogen-bond donors (Lipinski definition) is 1. The maximum atomic E-state index is 10.5. The first-order valence-electron chi connectivity index (χ1n) is 15.8. The van der Waals surface area contributed by atoms with Crippen LogP contribution < -0.4 is 0 Å². The molecule has 1 heterocycles. The van der Waals surface area contributed by atoms with Crippen molar-refractivity contribution in [3.63, 3.8) is 0 Å². The highest BCUT2D eigenvalue weighted by Crippen LogP contribution is 2.44. The molecule has 0 spiro atoms. The van der Waals surface area contributed by atoms with Crippen LogP contribution in [-0.2, 0) is 5.21 Å². The Balaban J connectivity index is 1.30. The van der Waals surface area contributed by atoms with Crippen LogP contribution in [0.5, 0.6) is 0 Å². The lowest BCUT2D eigenvalue weighted by Gasteiger charge is -2.39. The molecule has 8 rings (SSSR count). The monoisotopic (exact) mass is 606 g/mol. The van der Waals surface area contributed by atoms with E-state index in [0.717, 1.165) is 38.7 Å². The van der Waals surface area contributed by atoms with Crippen LogP contribution in [0.15, 0.2) is 152 Å². The second-order valence-corrected chi connectivity index (χ2v) is 12.3. The highest BCUT2D eigenvalue weighted by atomic mass is 16.3. The summed E-state index contributed by atoms with van der Waals surface area (Å²) in [6, 6.07) is 52.1. The molecule has 1 aromatic heterocycles. The van der Waals surface area contributed by atoms with E-state index in [1.165, 1.54) is 27.5 Å². The molecule has 0 unspecified atom stereocenters. The molecule has 48 heavy (non-hydrogen) atoms. The summed E-state index contributed by atoms with van der Waals surface area (Å²) < 4.78 is 1.79. The molecule has 0 aliphatic heterocycles. The topological polar surface area (TPSA) is 38.1 Å². The molecule has 0 aliphatic carbocycles. The molecule has 7 heteroatoms. The number of aliphatic hydroxyl groups is 1. The summed E-state index contributed by atoms with van der Waals surface area (Å²) >= 11 is 0. The van der Waals surface area contributed by atoms with Gasteiger partial charge in [0, 0.05) is 5.69 Å². The van der Waals surface area contributed by atoms with Gasteiger partial charge in [-0.25, -0.2) is 4.98 Å². The Bertz CT molecular complexity index is 2390. The van der Waals surface area contributed by atoms with Crippen LogP contribution in [0.2, 0.25) is 0 Å². The van der Waals surface area contributed by atoms with Gasteiger partial charge >= 0.3 is 0 Å². The second-order valence-electron chi connectivity index (χ2n) is 12.3. The number of fused-ring (bicyclic) bond motifs is 3. The van der Waals surface area contributed by atoms with Gasteiger partial charge in [0.25, 0.3) is 0 Å². The predicted octanol–water partition coefficient (Wildman–Crippen LogP) is 7.81. The third-order valence-corrected chi connectivity index (χ3v) is 9.22. The van der Waals surface area contributed by atoms with E-state index in [1.807, 2.05) is 42.5 Å². The SMILES string of the molecule is [B]C([B])(O)C([B])([B])c1nc2ccccc2n1-c1ccc(-c2c3ccccc3c(-c3ccc(-c4ccccc4)cc3)c3ccccc23)cc1. The summed E-state index contributed by atoms with van der Waals surface area (Å²) in [4.78, 5) is 4.64. The van der Waals surface area contributed by atoms with E-state index in [-0.39, 0.29) is 5.82 Å². The highest BCUT2D eigenvalue weighted by Gasteiger charge is 2.38. The summed E-state index contributed by atoms with van der Waals surface area (Å²) in [7, 11) is 24.4. The van der Waals surface area contributed by atoms with Crippen LogP contribution in [-0.4, -0.2) is 51.4 Å². The third kappa shape index (κ3) is 4.89. The third-order valence-electron chi connectivity index (χ3n) is 9.22. The normalized spacial score (nSPS) is 12.2. The second kappa shape index (κ2) is 11.5. The van der Waals surface area contributed by atoms with Gasteiger partial charge in [0.1, 0.15) is 5.82 Å². The summed E-state index contributed by atoms with van der Waals surface area (Å²) in [6.45, 7) is 0. The molecule has 0 aliphatic rings. The van der Waals surface area contributed by atoms with E-state index in [4.69, 9.17) is 31.4 Å². The molecule has 0 bridgehead atoms. The van der Waals surface area contributed by atoms with Crippen molar-refractivity contribution in [1.82, 2.24) is 9.55 Å². The van der Waals surface area contributed by atoms with Gasteiger partial charge < -0.3 is 5.11 Å². The van der Waals surface area contributed by atoms with E-state index in [2.05, 4.69) is 114 Å². The average molecular weight is 606 g/mol. The van der Waals surface area contributed by atoms with Gasteiger partial charge in [-0.05, 0) is 89.8 Å². The first kappa shape index (κ1) is 30.1. The van der Waals surface area contributed by atoms with E-state index in [0.29, 0.717) is 5.52 Å². The molecule has 0 fully saturated rings. The van der Waals surface area contributed by atoms with E-state index in [1.54, 1.807) is 4.57 Å². The van der Waals surface area contributed by atoms with Gasteiger partial charge in [-0.15, -0.1) is 0 Å². The first-order valence-corrected chi connectivity index (χ1v) is 15.8. The summed E-state index contributed by atoms with van der Waals surface area (Å²) in [5.74, 6) is 0.141. The van der Waals surface area contributed by atoms with Gasteiger partial charge in [0.15, 0.2) is 0 Å². The van der Waals surface area contributed by atoms with Crippen LogP contribution in [0.1, 0.15) is 5.82 Å². The maximum Gasteiger partial charge on any atom is 0.104 e. The minimum Gasteiger partial charge on any atom is -0.410 e. The molecule has 8 radical (unpaired) electrons. The van der Waals surface area contributed by atoms with Crippen molar-refractivity contribution in [2.45, 2.75) is 10.6 Å². The number of hydrogen-bond acceptors (Lipinski definition) is 2. The highest BCUT2D eigenvalue weighted by molar-refractivity contribution is 6.53. The summed E-state index contributed by atoms with van der Waals surface area (Å²) in [6.07, 6.45) is 0. The fourth-order valence-electron chi connectivity index (χ4n) is 6.73. The van der Waals surface area contributed by atoms with E-state index >= 15 is 0 Å². The molecule has 8 aromatic rings. The van der Waals surface area contributed by atoms with Gasteiger partial charge in [-0.2, -0.15) is 0 Å². The Morgan fingerprint density at radius 3 is 1.40 bits per heavy atom. The molecule has 0 amide bonds. The number of benzene rings is 7. The molecule has 7 aromatic carbocycles. The standard InChI is InChI=1S/C41H26B4N2O/c42-40(43,41(44,45)48)39-46-35-16-8-9-17-36(35)47(39)30-24-22-29(23-25-30)38-33-14-6-4-12-31(33)37(32-13-5-7-15-34(32)38)28-20-18-27(19-21-28)26-10-2-1-3-11-26/h1-25,48H. The Labute approximate surface area is 284 Å². The van der Waals surface area contributed by atoms with Gasteiger partial charge in [-0.1, -0.05) is 127 Å². The molecular formula is C41H26B4N2O. The largest absolute Gasteiger partial charge is 0.410 e. The molecule has 1 N–H and O–H groups in total. The minimum absolute atomic E-state index is 0.141. The van der Waals surface area contributed by atoms with Crippen molar-refractivity contribution in [2.75, 3.05) is 0 Å². The van der Waals surface area contributed by atoms with Crippen LogP contribution >= 0.6 is 0 Å². The van der Waals surface area contributed by atoms with Gasteiger partial charge in [-0.3, -0.25) is 4.57 Å². The zero-order valence-corrected chi connectivity index (χ0v) is 26.1. The maximum absolute atomic E-state index is 10.5. The average Bonchev–Trinajstić information content (AvgIpc) is 3.51. The molecule has 3 nitrogen and oxygen atoms in total. The number of para-hydroxylation sites is 2.